The topological polar surface area (TPSA) is 41.6 Å². The van der Waals surface area contributed by atoms with Gasteiger partial charge in [0.05, 0.1) is 5.92 Å². The minimum atomic E-state index is -0.0814. The highest BCUT2D eigenvalue weighted by atomic mass is 16.5. The first kappa shape index (κ1) is 16.3. The van der Waals surface area contributed by atoms with Crippen molar-refractivity contribution in [1.82, 2.24) is 10.2 Å². The first-order valence-electron chi connectivity index (χ1n) is 8.80. The summed E-state index contributed by atoms with van der Waals surface area (Å²) >= 11 is 0. The van der Waals surface area contributed by atoms with Crippen LogP contribution >= 0.6 is 0 Å². The van der Waals surface area contributed by atoms with Crippen molar-refractivity contribution in [2.75, 3.05) is 26.2 Å². The molecule has 1 atom stereocenters. The van der Waals surface area contributed by atoms with Gasteiger partial charge in [0.25, 0.3) is 0 Å². The average Bonchev–Trinajstić information content (AvgIpc) is 2.60. The standard InChI is InChI=1S/C19H28N2O2/c1-19(2,21-10-6-3-7-11-21)14-20-18(22)16-12-15-8-4-5-9-17(15)23-13-16/h4-5,8-9,16H,3,6-7,10-14H2,1-2H3,(H,20,22). The van der Waals surface area contributed by atoms with E-state index in [9.17, 15) is 4.79 Å². The third-order valence-electron chi connectivity index (χ3n) is 5.16. The van der Waals surface area contributed by atoms with Gasteiger partial charge in [0.1, 0.15) is 12.4 Å². The Bertz CT molecular complexity index is 550. The zero-order valence-electron chi connectivity index (χ0n) is 14.3. The quantitative estimate of drug-likeness (QED) is 0.928. The molecule has 4 heteroatoms. The molecule has 23 heavy (non-hydrogen) atoms. The van der Waals surface area contributed by atoms with Crippen LogP contribution in [-0.4, -0.2) is 42.6 Å². The van der Waals surface area contributed by atoms with Crippen LogP contribution in [0.1, 0.15) is 38.7 Å². The third kappa shape index (κ3) is 3.86. The van der Waals surface area contributed by atoms with Crippen LogP contribution in [0.15, 0.2) is 24.3 Å². The SMILES string of the molecule is CC(C)(CNC(=O)C1COc2ccccc2C1)N1CCCCC1. The van der Waals surface area contributed by atoms with Crippen LogP contribution in [0.25, 0.3) is 0 Å². The molecule has 1 aromatic rings. The molecule has 2 aliphatic rings. The van der Waals surface area contributed by atoms with Crippen molar-refractivity contribution in [2.45, 2.75) is 45.1 Å². The highest BCUT2D eigenvalue weighted by Gasteiger charge is 2.31. The normalized spacial score (nSPS) is 22.1. The van der Waals surface area contributed by atoms with Gasteiger partial charge in [-0.05, 0) is 57.8 Å². The summed E-state index contributed by atoms with van der Waals surface area (Å²) in [5.74, 6) is 0.955. The molecule has 3 rings (SSSR count). The molecule has 0 spiro atoms. The van der Waals surface area contributed by atoms with E-state index in [0.717, 1.165) is 30.8 Å². The lowest BCUT2D eigenvalue weighted by molar-refractivity contribution is -0.126. The maximum atomic E-state index is 12.5. The Kier molecular flexibility index (Phi) is 4.90. The van der Waals surface area contributed by atoms with Gasteiger partial charge in [-0.2, -0.15) is 0 Å². The Morgan fingerprint density at radius 3 is 2.78 bits per heavy atom. The summed E-state index contributed by atoms with van der Waals surface area (Å²) in [6.07, 6.45) is 4.64. The molecule has 1 aromatic carbocycles. The summed E-state index contributed by atoms with van der Waals surface area (Å²) < 4.78 is 5.73. The van der Waals surface area contributed by atoms with Gasteiger partial charge in [0, 0.05) is 12.1 Å². The molecule has 126 valence electrons. The Morgan fingerprint density at radius 2 is 2.00 bits per heavy atom. The smallest absolute Gasteiger partial charge is 0.226 e. The number of carbonyl (C=O) groups excluding carboxylic acids is 1. The molecule has 0 bridgehead atoms. The minimum Gasteiger partial charge on any atom is -0.492 e. The first-order valence-corrected chi connectivity index (χ1v) is 8.80. The van der Waals surface area contributed by atoms with Crippen molar-refractivity contribution in [3.8, 4) is 5.75 Å². The predicted octanol–water partition coefficient (Wildman–Crippen LogP) is 2.62. The number of amides is 1. The van der Waals surface area contributed by atoms with E-state index in [1.807, 2.05) is 24.3 Å². The van der Waals surface area contributed by atoms with Gasteiger partial charge in [-0.25, -0.2) is 0 Å². The molecule has 0 saturated carbocycles. The Morgan fingerprint density at radius 1 is 1.26 bits per heavy atom. The molecule has 1 fully saturated rings. The predicted molar refractivity (Wildman–Crippen MR) is 91.6 cm³/mol. The molecule has 4 nitrogen and oxygen atoms in total. The number of piperidine rings is 1. The van der Waals surface area contributed by atoms with Crippen molar-refractivity contribution >= 4 is 5.91 Å². The van der Waals surface area contributed by atoms with Crippen molar-refractivity contribution in [1.29, 1.82) is 0 Å². The average molecular weight is 316 g/mol. The van der Waals surface area contributed by atoms with Crippen molar-refractivity contribution in [2.24, 2.45) is 5.92 Å². The maximum Gasteiger partial charge on any atom is 0.226 e. The molecule has 2 aliphatic heterocycles. The van der Waals surface area contributed by atoms with E-state index in [-0.39, 0.29) is 17.4 Å². The van der Waals surface area contributed by atoms with Crippen LogP contribution in [0.3, 0.4) is 0 Å². The third-order valence-corrected chi connectivity index (χ3v) is 5.16. The number of carbonyl (C=O) groups is 1. The highest BCUT2D eigenvalue weighted by molar-refractivity contribution is 5.79. The Labute approximate surface area is 139 Å². The number of nitrogens with zero attached hydrogens (tertiary/aromatic N) is 1. The van der Waals surface area contributed by atoms with Gasteiger partial charge in [-0.3, -0.25) is 9.69 Å². The molecule has 1 unspecified atom stereocenters. The fraction of sp³-hybridized carbons (Fsp3) is 0.632. The second-order valence-electron chi connectivity index (χ2n) is 7.40. The molecular formula is C19H28N2O2. The second kappa shape index (κ2) is 6.91. The number of ether oxygens (including phenoxy) is 1. The zero-order valence-corrected chi connectivity index (χ0v) is 14.3. The van der Waals surface area contributed by atoms with E-state index in [1.165, 1.54) is 19.3 Å². The van der Waals surface area contributed by atoms with Crippen LogP contribution < -0.4 is 10.1 Å². The number of hydrogen-bond acceptors (Lipinski definition) is 3. The van der Waals surface area contributed by atoms with Crippen LogP contribution in [0.4, 0.5) is 0 Å². The fourth-order valence-electron chi connectivity index (χ4n) is 3.56. The number of benzene rings is 1. The first-order chi connectivity index (χ1) is 11.1. The molecule has 0 aromatic heterocycles. The van der Waals surface area contributed by atoms with Gasteiger partial charge in [-0.1, -0.05) is 24.6 Å². The summed E-state index contributed by atoms with van der Waals surface area (Å²) in [6.45, 7) is 7.92. The van der Waals surface area contributed by atoms with Gasteiger partial charge in [0.2, 0.25) is 5.91 Å². The van der Waals surface area contributed by atoms with Crippen molar-refractivity contribution in [3.05, 3.63) is 29.8 Å². The largest absolute Gasteiger partial charge is 0.492 e. The number of para-hydroxylation sites is 1. The summed E-state index contributed by atoms with van der Waals surface area (Å²) in [5.41, 5.74) is 1.15. The lowest BCUT2D eigenvalue weighted by atomic mass is 9.95. The summed E-state index contributed by atoms with van der Waals surface area (Å²) in [6, 6.07) is 8.00. The molecule has 2 heterocycles. The number of fused-ring (bicyclic) bond motifs is 1. The van der Waals surface area contributed by atoms with E-state index in [0.29, 0.717) is 13.2 Å². The second-order valence-corrected chi connectivity index (χ2v) is 7.40. The van der Waals surface area contributed by atoms with E-state index in [4.69, 9.17) is 4.74 Å². The van der Waals surface area contributed by atoms with Gasteiger partial charge >= 0.3 is 0 Å². The summed E-state index contributed by atoms with van der Waals surface area (Å²) in [4.78, 5) is 15.0. The number of hydrogen-bond donors (Lipinski definition) is 1. The van der Waals surface area contributed by atoms with Gasteiger partial charge in [-0.15, -0.1) is 0 Å². The lowest BCUT2D eigenvalue weighted by Gasteiger charge is -2.41. The van der Waals surface area contributed by atoms with Gasteiger partial charge in [0.15, 0.2) is 0 Å². The number of nitrogens with one attached hydrogen (secondary N) is 1. The van der Waals surface area contributed by atoms with Crippen LogP contribution in [0.2, 0.25) is 0 Å². The molecular weight excluding hydrogens is 288 g/mol. The van der Waals surface area contributed by atoms with Crippen LogP contribution in [0.5, 0.6) is 5.75 Å². The van der Waals surface area contributed by atoms with E-state index < -0.39 is 0 Å². The number of rotatable bonds is 4. The van der Waals surface area contributed by atoms with Crippen LogP contribution in [0, 0.1) is 5.92 Å². The van der Waals surface area contributed by atoms with E-state index >= 15 is 0 Å². The Balaban J connectivity index is 1.53. The number of likely N-dealkylation sites (tertiary alicyclic amines) is 1. The van der Waals surface area contributed by atoms with Crippen molar-refractivity contribution in [3.63, 3.8) is 0 Å². The van der Waals surface area contributed by atoms with E-state index in [1.54, 1.807) is 0 Å². The summed E-state index contributed by atoms with van der Waals surface area (Å²) in [7, 11) is 0. The summed E-state index contributed by atoms with van der Waals surface area (Å²) in [5, 5.41) is 3.16. The lowest BCUT2D eigenvalue weighted by Crippen LogP contribution is -2.54. The minimum absolute atomic E-state index is 0.0174. The van der Waals surface area contributed by atoms with Gasteiger partial charge < -0.3 is 10.1 Å². The van der Waals surface area contributed by atoms with Crippen molar-refractivity contribution < 1.29 is 9.53 Å². The zero-order chi connectivity index (χ0) is 16.3. The molecule has 1 amide bonds. The monoisotopic (exact) mass is 316 g/mol. The molecule has 1 N–H and O–H groups in total. The van der Waals surface area contributed by atoms with Crippen LogP contribution in [-0.2, 0) is 11.2 Å². The van der Waals surface area contributed by atoms with E-state index in [2.05, 4.69) is 24.1 Å². The molecule has 1 saturated heterocycles. The highest BCUT2D eigenvalue weighted by Crippen LogP contribution is 2.27. The molecule has 0 aliphatic carbocycles. The Hall–Kier alpha value is -1.55. The molecule has 0 radical (unpaired) electrons. The fourth-order valence-corrected chi connectivity index (χ4v) is 3.56. The maximum absolute atomic E-state index is 12.5.